The first-order valence-electron chi connectivity index (χ1n) is 5.74. The molecule has 0 radical (unpaired) electrons. The summed E-state index contributed by atoms with van der Waals surface area (Å²) in [6.45, 7) is 2.52. The van der Waals surface area contributed by atoms with E-state index >= 15 is 0 Å². The van der Waals surface area contributed by atoms with Crippen molar-refractivity contribution in [1.82, 2.24) is 4.98 Å². The van der Waals surface area contributed by atoms with Crippen molar-refractivity contribution in [3.8, 4) is 5.75 Å². The highest BCUT2D eigenvalue weighted by molar-refractivity contribution is 6.04. The third-order valence-corrected chi connectivity index (χ3v) is 2.35. The van der Waals surface area contributed by atoms with Crippen LogP contribution in [0.15, 0.2) is 48.8 Å². The van der Waals surface area contributed by atoms with E-state index in [0.717, 1.165) is 5.75 Å². The number of nitrogens with zero attached hydrogens (tertiary/aromatic N) is 1. The quantitative estimate of drug-likeness (QED) is 0.896. The van der Waals surface area contributed by atoms with Crippen molar-refractivity contribution < 1.29 is 9.53 Å². The van der Waals surface area contributed by atoms with E-state index in [1.807, 2.05) is 25.1 Å². The van der Waals surface area contributed by atoms with Crippen LogP contribution in [0, 0.1) is 0 Å². The first-order valence-corrected chi connectivity index (χ1v) is 5.74. The lowest BCUT2D eigenvalue weighted by Crippen LogP contribution is -2.11. The molecule has 0 aliphatic rings. The summed E-state index contributed by atoms with van der Waals surface area (Å²) in [7, 11) is 0. The molecule has 0 fully saturated rings. The standard InChI is InChI=1S/C14H14N2O2/c1-2-18-13-5-3-4-12(10-13)16-14(17)11-6-8-15-9-7-11/h3-10H,2H2,1H3,(H,16,17). The molecule has 0 saturated carbocycles. The second-order valence-corrected chi connectivity index (χ2v) is 3.65. The van der Waals surface area contributed by atoms with Crippen molar-refractivity contribution in [2.75, 3.05) is 11.9 Å². The molecule has 1 aromatic heterocycles. The van der Waals surface area contributed by atoms with E-state index in [4.69, 9.17) is 4.74 Å². The molecule has 0 spiro atoms. The van der Waals surface area contributed by atoms with Gasteiger partial charge < -0.3 is 10.1 Å². The van der Waals surface area contributed by atoms with Crippen LogP contribution in [0.2, 0.25) is 0 Å². The van der Waals surface area contributed by atoms with Gasteiger partial charge in [-0.1, -0.05) is 6.07 Å². The highest BCUT2D eigenvalue weighted by Gasteiger charge is 2.05. The minimum Gasteiger partial charge on any atom is -0.494 e. The van der Waals surface area contributed by atoms with Gasteiger partial charge in [0.15, 0.2) is 0 Å². The number of benzene rings is 1. The number of aromatic nitrogens is 1. The van der Waals surface area contributed by atoms with E-state index in [1.54, 1.807) is 30.6 Å². The van der Waals surface area contributed by atoms with Crippen LogP contribution in [0.1, 0.15) is 17.3 Å². The average Bonchev–Trinajstić information content (AvgIpc) is 2.40. The summed E-state index contributed by atoms with van der Waals surface area (Å²) >= 11 is 0. The number of carbonyl (C=O) groups is 1. The number of amides is 1. The van der Waals surface area contributed by atoms with Crippen molar-refractivity contribution in [2.45, 2.75) is 6.92 Å². The average molecular weight is 242 g/mol. The molecule has 4 heteroatoms. The fraction of sp³-hybridized carbons (Fsp3) is 0.143. The lowest BCUT2D eigenvalue weighted by Gasteiger charge is -2.07. The maximum atomic E-state index is 11.9. The van der Waals surface area contributed by atoms with Crippen LogP contribution < -0.4 is 10.1 Å². The molecule has 1 heterocycles. The van der Waals surface area contributed by atoms with Crippen molar-refractivity contribution >= 4 is 11.6 Å². The Morgan fingerprint density at radius 1 is 1.28 bits per heavy atom. The molecule has 0 saturated heterocycles. The summed E-state index contributed by atoms with van der Waals surface area (Å²) < 4.78 is 5.37. The lowest BCUT2D eigenvalue weighted by molar-refractivity contribution is 0.102. The molecule has 0 aliphatic heterocycles. The summed E-state index contributed by atoms with van der Waals surface area (Å²) in [5.41, 5.74) is 1.29. The van der Waals surface area contributed by atoms with Crippen LogP contribution in [0.5, 0.6) is 5.75 Å². The Labute approximate surface area is 106 Å². The number of pyridine rings is 1. The van der Waals surface area contributed by atoms with E-state index < -0.39 is 0 Å². The largest absolute Gasteiger partial charge is 0.494 e. The predicted octanol–water partition coefficient (Wildman–Crippen LogP) is 2.73. The van der Waals surface area contributed by atoms with Gasteiger partial charge in [-0.2, -0.15) is 0 Å². The minimum atomic E-state index is -0.161. The fourth-order valence-electron chi connectivity index (χ4n) is 1.54. The number of rotatable bonds is 4. The van der Waals surface area contributed by atoms with Gasteiger partial charge in [-0.05, 0) is 31.2 Å². The SMILES string of the molecule is CCOc1cccc(NC(=O)c2ccncc2)c1. The molecule has 1 N–H and O–H groups in total. The maximum Gasteiger partial charge on any atom is 0.255 e. The first kappa shape index (κ1) is 12.1. The predicted molar refractivity (Wildman–Crippen MR) is 69.8 cm³/mol. The van der Waals surface area contributed by atoms with Crippen LogP contribution in [0.4, 0.5) is 5.69 Å². The third kappa shape index (κ3) is 3.07. The van der Waals surface area contributed by atoms with E-state index in [-0.39, 0.29) is 5.91 Å². The summed E-state index contributed by atoms with van der Waals surface area (Å²) in [6, 6.07) is 10.6. The monoisotopic (exact) mass is 242 g/mol. The topological polar surface area (TPSA) is 51.2 Å². The normalized spacial score (nSPS) is 9.83. The zero-order chi connectivity index (χ0) is 12.8. The van der Waals surface area contributed by atoms with Crippen LogP contribution in [0.25, 0.3) is 0 Å². The molecule has 92 valence electrons. The summed E-state index contributed by atoms with van der Waals surface area (Å²) in [6.07, 6.45) is 3.18. The molecule has 2 aromatic rings. The van der Waals surface area contributed by atoms with E-state index in [0.29, 0.717) is 17.9 Å². The summed E-state index contributed by atoms with van der Waals surface area (Å²) in [5.74, 6) is 0.580. The highest BCUT2D eigenvalue weighted by atomic mass is 16.5. The van der Waals surface area contributed by atoms with Gasteiger partial charge >= 0.3 is 0 Å². The van der Waals surface area contributed by atoms with Gasteiger partial charge in [0.2, 0.25) is 0 Å². The zero-order valence-electron chi connectivity index (χ0n) is 10.1. The van der Waals surface area contributed by atoms with Crippen LogP contribution in [0.3, 0.4) is 0 Å². The zero-order valence-corrected chi connectivity index (χ0v) is 10.1. The van der Waals surface area contributed by atoms with Crippen LogP contribution >= 0.6 is 0 Å². The summed E-state index contributed by atoms with van der Waals surface area (Å²) in [4.78, 5) is 15.8. The van der Waals surface area contributed by atoms with Crippen molar-refractivity contribution in [1.29, 1.82) is 0 Å². The molecular formula is C14H14N2O2. The van der Waals surface area contributed by atoms with Crippen LogP contribution in [-0.2, 0) is 0 Å². The second-order valence-electron chi connectivity index (χ2n) is 3.65. The Morgan fingerprint density at radius 3 is 2.78 bits per heavy atom. The van der Waals surface area contributed by atoms with Gasteiger partial charge in [-0.15, -0.1) is 0 Å². The molecule has 18 heavy (non-hydrogen) atoms. The molecule has 2 rings (SSSR count). The molecule has 0 bridgehead atoms. The van der Waals surface area contributed by atoms with Gasteiger partial charge in [0.25, 0.3) is 5.91 Å². The van der Waals surface area contributed by atoms with Crippen molar-refractivity contribution in [2.24, 2.45) is 0 Å². The number of hydrogen-bond donors (Lipinski definition) is 1. The Bertz CT molecular complexity index is 526. The highest BCUT2D eigenvalue weighted by Crippen LogP contribution is 2.17. The van der Waals surface area contributed by atoms with Gasteiger partial charge in [-0.3, -0.25) is 9.78 Å². The number of nitrogens with one attached hydrogen (secondary N) is 1. The molecule has 1 amide bonds. The summed E-state index contributed by atoms with van der Waals surface area (Å²) in [5, 5.41) is 2.81. The Kier molecular flexibility index (Phi) is 3.91. The fourth-order valence-corrected chi connectivity index (χ4v) is 1.54. The number of ether oxygens (including phenoxy) is 1. The van der Waals surface area contributed by atoms with E-state index in [2.05, 4.69) is 10.3 Å². The van der Waals surface area contributed by atoms with Crippen molar-refractivity contribution in [3.63, 3.8) is 0 Å². The Balaban J connectivity index is 2.10. The number of carbonyl (C=O) groups excluding carboxylic acids is 1. The van der Waals surface area contributed by atoms with Gasteiger partial charge in [-0.25, -0.2) is 0 Å². The van der Waals surface area contributed by atoms with E-state index in [1.165, 1.54) is 0 Å². The molecule has 1 aromatic carbocycles. The Morgan fingerprint density at radius 2 is 2.06 bits per heavy atom. The van der Waals surface area contributed by atoms with E-state index in [9.17, 15) is 4.79 Å². The number of hydrogen-bond acceptors (Lipinski definition) is 3. The van der Waals surface area contributed by atoms with Crippen LogP contribution in [-0.4, -0.2) is 17.5 Å². The first-order chi connectivity index (χ1) is 8.79. The second kappa shape index (κ2) is 5.82. The third-order valence-electron chi connectivity index (χ3n) is 2.35. The maximum absolute atomic E-state index is 11.9. The molecular weight excluding hydrogens is 228 g/mol. The molecule has 4 nitrogen and oxygen atoms in total. The Hall–Kier alpha value is -2.36. The van der Waals surface area contributed by atoms with Gasteiger partial charge in [0.1, 0.15) is 5.75 Å². The van der Waals surface area contributed by atoms with Crippen molar-refractivity contribution in [3.05, 3.63) is 54.4 Å². The van der Waals surface area contributed by atoms with Gasteiger partial charge in [0, 0.05) is 29.7 Å². The molecule has 0 aliphatic carbocycles. The van der Waals surface area contributed by atoms with Gasteiger partial charge in [0.05, 0.1) is 6.61 Å². The minimum absolute atomic E-state index is 0.161. The number of anilines is 1. The smallest absolute Gasteiger partial charge is 0.255 e. The molecule has 0 unspecified atom stereocenters. The lowest BCUT2D eigenvalue weighted by atomic mass is 10.2. The molecule has 0 atom stereocenters.